The lowest BCUT2D eigenvalue weighted by Crippen LogP contribution is -2.45. The highest BCUT2D eigenvalue weighted by atomic mass is 16.5. The molecular weight excluding hydrogens is 278 g/mol. The summed E-state index contributed by atoms with van der Waals surface area (Å²) in [6, 6.07) is 0.422. The average Bonchev–Trinajstić information content (AvgIpc) is 2.85. The van der Waals surface area contributed by atoms with Crippen LogP contribution in [0.4, 0.5) is 0 Å². The summed E-state index contributed by atoms with van der Waals surface area (Å²) >= 11 is 0. The lowest BCUT2D eigenvalue weighted by molar-refractivity contribution is -0.136. The van der Waals surface area contributed by atoms with E-state index in [2.05, 4.69) is 28.9 Å². The molecule has 0 unspecified atom stereocenters. The van der Waals surface area contributed by atoms with Gasteiger partial charge in [-0.2, -0.15) is 4.98 Å². The van der Waals surface area contributed by atoms with Gasteiger partial charge >= 0.3 is 0 Å². The van der Waals surface area contributed by atoms with Gasteiger partial charge in [0.15, 0.2) is 5.82 Å². The maximum atomic E-state index is 12.4. The third-order valence-corrected chi connectivity index (χ3v) is 5.03. The lowest BCUT2D eigenvalue weighted by Gasteiger charge is -2.37. The first-order chi connectivity index (χ1) is 10.6. The van der Waals surface area contributed by atoms with Gasteiger partial charge in [-0.25, -0.2) is 0 Å². The summed E-state index contributed by atoms with van der Waals surface area (Å²) < 4.78 is 5.46. The zero-order valence-electron chi connectivity index (χ0n) is 13.8. The minimum Gasteiger partial charge on any atom is -0.339 e. The largest absolute Gasteiger partial charge is 0.339 e. The lowest BCUT2D eigenvalue weighted by atomic mass is 9.94. The van der Waals surface area contributed by atoms with E-state index < -0.39 is 0 Å². The van der Waals surface area contributed by atoms with E-state index in [0.717, 1.165) is 37.5 Å². The zero-order valence-corrected chi connectivity index (χ0v) is 13.8. The molecule has 1 amide bonds. The molecule has 1 saturated heterocycles. The van der Waals surface area contributed by atoms with Crippen LogP contribution in [0.1, 0.15) is 88.8 Å². The molecule has 1 atom stereocenters. The number of likely N-dealkylation sites (tertiary alicyclic amines) is 1. The highest BCUT2D eigenvalue weighted by Gasteiger charge is 2.34. The van der Waals surface area contributed by atoms with Gasteiger partial charge in [-0.15, -0.1) is 0 Å². The summed E-state index contributed by atoms with van der Waals surface area (Å²) in [5, 5.41) is 4.07. The molecule has 2 heterocycles. The molecule has 2 fully saturated rings. The van der Waals surface area contributed by atoms with Crippen molar-refractivity contribution in [3.05, 3.63) is 11.7 Å². The number of hydrogen-bond acceptors (Lipinski definition) is 4. The van der Waals surface area contributed by atoms with E-state index >= 15 is 0 Å². The Morgan fingerprint density at radius 2 is 1.86 bits per heavy atom. The summed E-state index contributed by atoms with van der Waals surface area (Å²) in [7, 11) is 0. The molecule has 0 spiro atoms. The Morgan fingerprint density at radius 1 is 1.14 bits per heavy atom. The second kappa shape index (κ2) is 6.80. The number of rotatable bonds is 3. The van der Waals surface area contributed by atoms with Crippen LogP contribution >= 0.6 is 0 Å². The van der Waals surface area contributed by atoms with Gasteiger partial charge in [-0.1, -0.05) is 44.7 Å². The molecule has 0 bridgehead atoms. The van der Waals surface area contributed by atoms with Crippen molar-refractivity contribution in [1.29, 1.82) is 0 Å². The third kappa shape index (κ3) is 3.33. The van der Waals surface area contributed by atoms with Crippen LogP contribution in [-0.2, 0) is 4.79 Å². The first-order valence-electron chi connectivity index (χ1n) is 8.78. The highest BCUT2D eigenvalue weighted by Crippen LogP contribution is 2.31. The van der Waals surface area contributed by atoms with Gasteiger partial charge in [0.1, 0.15) is 0 Å². The minimum absolute atomic E-state index is 0.209. The summed E-state index contributed by atoms with van der Waals surface area (Å²) in [6.07, 6.45) is 8.86. The minimum atomic E-state index is 0.209. The number of carbonyl (C=O) groups excluding carboxylic acids is 1. The van der Waals surface area contributed by atoms with Gasteiger partial charge in [0, 0.05) is 24.9 Å². The number of aromatic nitrogens is 2. The van der Waals surface area contributed by atoms with E-state index in [1.807, 2.05) is 0 Å². The molecule has 0 radical (unpaired) electrons. The quantitative estimate of drug-likeness (QED) is 0.800. The van der Waals surface area contributed by atoms with Gasteiger partial charge in [-0.05, 0) is 19.3 Å². The standard InChI is InChI=1S/C17H27N3O2/c1-12(2)16-18-17(22-19-16)13-9-10-15(21)20(11-13)14-7-5-3-4-6-8-14/h12-14H,3-11H2,1-2H3/t13-/m0/s1. The van der Waals surface area contributed by atoms with Crippen molar-refractivity contribution >= 4 is 5.91 Å². The van der Waals surface area contributed by atoms with Crippen molar-refractivity contribution in [3.8, 4) is 0 Å². The Labute approximate surface area is 132 Å². The second-order valence-corrected chi connectivity index (χ2v) is 7.07. The van der Waals surface area contributed by atoms with Crippen LogP contribution in [0, 0.1) is 0 Å². The Kier molecular flexibility index (Phi) is 4.79. The van der Waals surface area contributed by atoms with Crippen molar-refractivity contribution in [1.82, 2.24) is 15.0 Å². The molecule has 3 rings (SSSR count). The van der Waals surface area contributed by atoms with Crippen molar-refractivity contribution in [2.45, 2.75) is 83.1 Å². The number of nitrogens with zero attached hydrogens (tertiary/aromatic N) is 3. The van der Waals surface area contributed by atoms with Gasteiger partial charge in [0.2, 0.25) is 11.8 Å². The Balaban J connectivity index is 1.70. The Bertz CT molecular complexity index is 504. The fourth-order valence-corrected chi connectivity index (χ4v) is 3.64. The van der Waals surface area contributed by atoms with Crippen LogP contribution in [0.5, 0.6) is 0 Å². The van der Waals surface area contributed by atoms with Crippen LogP contribution in [0.25, 0.3) is 0 Å². The second-order valence-electron chi connectivity index (χ2n) is 7.07. The Hall–Kier alpha value is -1.39. The first kappa shape index (κ1) is 15.5. The average molecular weight is 305 g/mol. The molecule has 22 heavy (non-hydrogen) atoms. The van der Waals surface area contributed by atoms with Crippen molar-refractivity contribution in [2.24, 2.45) is 0 Å². The summed E-state index contributed by atoms with van der Waals surface area (Å²) in [5.74, 6) is 2.29. The molecular formula is C17H27N3O2. The molecule has 0 N–H and O–H groups in total. The monoisotopic (exact) mass is 305 g/mol. The predicted molar refractivity (Wildman–Crippen MR) is 83.6 cm³/mol. The van der Waals surface area contributed by atoms with Crippen molar-refractivity contribution < 1.29 is 9.32 Å². The van der Waals surface area contributed by atoms with E-state index in [1.54, 1.807) is 0 Å². The molecule has 122 valence electrons. The first-order valence-corrected chi connectivity index (χ1v) is 8.78. The maximum Gasteiger partial charge on any atom is 0.231 e. The van der Waals surface area contributed by atoms with Crippen LogP contribution in [0.3, 0.4) is 0 Å². The van der Waals surface area contributed by atoms with Crippen LogP contribution in [-0.4, -0.2) is 33.5 Å². The van der Waals surface area contributed by atoms with Crippen LogP contribution in [0.15, 0.2) is 4.52 Å². The van der Waals surface area contributed by atoms with Gasteiger partial charge in [-0.3, -0.25) is 4.79 Å². The molecule has 2 aliphatic rings. The molecule has 5 nitrogen and oxygen atoms in total. The van der Waals surface area contributed by atoms with Gasteiger partial charge < -0.3 is 9.42 Å². The molecule has 1 aliphatic carbocycles. The van der Waals surface area contributed by atoms with E-state index in [-0.39, 0.29) is 11.8 Å². The maximum absolute atomic E-state index is 12.4. The Morgan fingerprint density at radius 3 is 2.50 bits per heavy atom. The molecule has 0 aromatic carbocycles. The third-order valence-electron chi connectivity index (χ3n) is 5.03. The van der Waals surface area contributed by atoms with E-state index in [1.165, 1.54) is 25.7 Å². The number of carbonyl (C=O) groups is 1. The van der Waals surface area contributed by atoms with Crippen LogP contribution < -0.4 is 0 Å². The normalized spacial score (nSPS) is 24.8. The van der Waals surface area contributed by atoms with E-state index in [4.69, 9.17) is 4.52 Å². The van der Waals surface area contributed by atoms with Crippen molar-refractivity contribution in [2.75, 3.05) is 6.54 Å². The number of hydrogen-bond donors (Lipinski definition) is 0. The molecule has 1 aromatic rings. The highest BCUT2D eigenvalue weighted by molar-refractivity contribution is 5.77. The SMILES string of the molecule is CC(C)c1noc([C@H]2CCC(=O)N(C3CCCCCC3)C2)n1. The van der Waals surface area contributed by atoms with Crippen molar-refractivity contribution in [3.63, 3.8) is 0 Å². The summed E-state index contributed by atoms with van der Waals surface area (Å²) in [5.41, 5.74) is 0. The van der Waals surface area contributed by atoms with Crippen LogP contribution in [0.2, 0.25) is 0 Å². The summed E-state index contributed by atoms with van der Waals surface area (Å²) in [4.78, 5) is 19.0. The predicted octanol–water partition coefficient (Wildman–Crippen LogP) is 3.62. The van der Waals surface area contributed by atoms with Gasteiger partial charge in [0.25, 0.3) is 0 Å². The van der Waals surface area contributed by atoms with E-state index in [9.17, 15) is 4.79 Å². The molecule has 1 saturated carbocycles. The van der Waals surface area contributed by atoms with Gasteiger partial charge in [0.05, 0.1) is 5.92 Å². The molecule has 5 heteroatoms. The van der Waals surface area contributed by atoms with E-state index in [0.29, 0.717) is 18.4 Å². The fourth-order valence-electron chi connectivity index (χ4n) is 3.64. The molecule has 1 aromatic heterocycles. The molecule has 1 aliphatic heterocycles. The number of piperidine rings is 1. The number of amides is 1. The zero-order chi connectivity index (χ0) is 15.5. The fraction of sp³-hybridized carbons (Fsp3) is 0.824. The summed E-state index contributed by atoms with van der Waals surface area (Å²) in [6.45, 7) is 4.89. The smallest absolute Gasteiger partial charge is 0.231 e. The topological polar surface area (TPSA) is 59.2 Å².